The van der Waals surface area contributed by atoms with Gasteiger partial charge < -0.3 is 13.9 Å². The van der Waals surface area contributed by atoms with E-state index in [1.54, 1.807) is 25.1 Å². The summed E-state index contributed by atoms with van der Waals surface area (Å²) in [6.07, 6.45) is 3.51. The third-order valence-corrected chi connectivity index (χ3v) is 2.58. The number of ether oxygens (including phenoxy) is 2. The van der Waals surface area contributed by atoms with Crippen molar-refractivity contribution in [2.24, 2.45) is 0 Å². The summed E-state index contributed by atoms with van der Waals surface area (Å²) in [5, 5.41) is 10.3. The maximum absolute atomic E-state index is 11.9. The van der Waals surface area contributed by atoms with Gasteiger partial charge in [0, 0.05) is 6.08 Å². The first kappa shape index (κ1) is 15.3. The first-order valence-electron chi connectivity index (χ1n) is 6.44. The molecule has 1 aromatic heterocycles. The summed E-state index contributed by atoms with van der Waals surface area (Å²) in [6, 6.07) is 7.69. The van der Waals surface area contributed by atoms with Crippen LogP contribution in [-0.4, -0.2) is 17.5 Å². The molecule has 0 spiro atoms. The van der Waals surface area contributed by atoms with E-state index >= 15 is 0 Å². The van der Waals surface area contributed by atoms with Gasteiger partial charge in [-0.05, 0) is 36.8 Å². The van der Waals surface area contributed by atoms with Crippen molar-refractivity contribution in [3.63, 3.8) is 0 Å². The molecule has 0 saturated heterocycles. The molecule has 0 aliphatic carbocycles. The number of carbonyl (C=O) groups is 1. The predicted molar refractivity (Wildman–Crippen MR) is 77.3 cm³/mol. The molecule has 7 heteroatoms. The molecular weight excluding hydrogens is 290 g/mol. The molecule has 0 aliphatic rings. The molecule has 0 radical (unpaired) electrons. The Bertz CT molecular complexity index is 690. The average molecular weight is 303 g/mol. The van der Waals surface area contributed by atoms with Gasteiger partial charge >= 0.3 is 5.97 Å². The highest BCUT2D eigenvalue weighted by Crippen LogP contribution is 2.29. The molecule has 2 rings (SSSR count). The van der Waals surface area contributed by atoms with E-state index in [9.17, 15) is 14.9 Å². The van der Waals surface area contributed by atoms with Crippen molar-refractivity contribution < 1.29 is 23.6 Å². The van der Waals surface area contributed by atoms with E-state index in [2.05, 4.69) is 0 Å². The van der Waals surface area contributed by atoms with Crippen LogP contribution in [0.1, 0.15) is 23.0 Å². The van der Waals surface area contributed by atoms with Crippen LogP contribution >= 0.6 is 0 Å². The lowest BCUT2D eigenvalue weighted by Gasteiger charge is -2.10. The molecule has 0 atom stereocenters. The van der Waals surface area contributed by atoms with Gasteiger partial charge in [-0.1, -0.05) is 6.07 Å². The van der Waals surface area contributed by atoms with Gasteiger partial charge in [0.1, 0.15) is 0 Å². The molecule has 114 valence electrons. The van der Waals surface area contributed by atoms with Gasteiger partial charge in [0.05, 0.1) is 17.8 Å². The molecule has 0 amide bonds. The lowest BCUT2D eigenvalue weighted by molar-refractivity contribution is -0.400. The van der Waals surface area contributed by atoms with Crippen LogP contribution in [0.5, 0.6) is 11.5 Å². The van der Waals surface area contributed by atoms with Crippen LogP contribution in [0.25, 0.3) is 6.08 Å². The van der Waals surface area contributed by atoms with Crippen molar-refractivity contribution in [3.05, 3.63) is 64.2 Å². The first-order chi connectivity index (χ1) is 10.6. The Hall–Kier alpha value is -3.09. The molecule has 7 nitrogen and oxygen atoms in total. The predicted octanol–water partition coefficient (Wildman–Crippen LogP) is 3.14. The van der Waals surface area contributed by atoms with Crippen LogP contribution in [0.2, 0.25) is 0 Å². The summed E-state index contributed by atoms with van der Waals surface area (Å²) in [5.41, 5.74) is 0.554. The van der Waals surface area contributed by atoms with Gasteiger partial charge in [0.2, 0.25) is 12.0 Å². The van der Waals surface area contributed by atoms with Crippen molar-refractivity contribution >= 4 is 12.0 Å². The molecule has 1 aromatic carbocycles. The van der Waals surface area contributed by atoms with E-state index in [-0.39, 0.29) is 11.5 Å². The molecule has 1 heterocycles. The molecule has 0 N–H and O–H groups in total. The van der Waals surface area contributed by atoms with Gasteiger partial charge in [0.25, 0.3) is 0 Å². The van der Waals surface area contributed by atoms with Crippen LogP contribution in [0.4, 0.5) is 0 Å². The van der Waals surface area contributed by atoms with Crippen molar-refractivity contribution in [1.82, 2.24) is 0 Å². The van der Waals surface area contributed by atoms with Gasteiger partial charge in [-0.15, -0.1) is 0 Å². The number of hydrogen-bond donors (Lipinski definition) is 0. The molecule has 0 fully saturated rings. The highest BCUT2D eigenvalue weighted by Gasteiger charge is 2.15. The van der Waals surface area contributed by atoms with E-state index in [0.29, 0.717) is 17.9 Å². The molecule has 2 aromatic rings. The van der Waals surface area contributed by atoms with E-state index in [4.69, 9.17) is 13.9 Å². The number of nitrogens with zero attached hydrogens (tertiary/aromatic N) is 1. The van der Waals surface area contributed by atoms with Crippen molar-refractivity contribution in [1.29, 1.82) is 0 Å². The summed E-state index contributed by atoms with van der Waals surface area (Å²) in [6.45, 7) is 2.13. The summed E-state index contributed by atoms with van der Waals surface area (Å²) in [7, 11) is 0. The highest BCUT2D eigenvalue weighted by atomic mass is 16.6. The van der Waals surface area contributed by atoms with Crippen LogP contribution in [-0.2, 0) is 0 Å². The van der Waals surface area contributed by atoms with Gasteiger partial charge in [-0.2, -0.15) is 0 Å². The molecule has 22 heavy (non-hydrogen) atoms. The number of carbonyl (C=O) groups excluding carboxylic acids is 1. The topological polar surface area (TPSA) is 91.8 Å². The summed E-state index contributed by atoms with van der Waals surface area (Å²) in [5.74, 6) is -0.0614. The Morgan fingerprint density at radius 2 is 2.18 bits per heavy atom. The molecular formula is C15H13NO6. The monoisotopic (exact) mass is 303 g/mol. The van der Waals surface area contributed by atoms with Crippen LogP contribution in [0.15, 0.2) is 47.2 Å². The average Bonchev–Trinajstić information content (AvgIpc) is 3.02. The van der Waals surface area contributed by atoms with Gasteiger partial charge in [-0.25, -0.2) is 4.79 Å². The fraction of sp³-hybridized carbons (Fsp3) is 0.133. The number of hydrogen-bond acceptors (Lipinski definition) is 6. The summed E-state index contributed by atoms with van der Waals surface area (Å²) >= 11 is 0. The minimum absolute atomic E-state index is 0.0692. The minimum Gasteiger partial charge on any atom is -0.490 e. The van der Waals surface area contributed by atoms with Crippen LogP contribution in [0.3, 0.4) is 0 Å². The Morgan fingerprint density at radius 3 is 2.82 bits per heavy atom. The largest absolute Gasteiger partial charge is 0.490 e. The summed E-state index contributed by atoms with van der Waals surface area (Å²) < 4.78 is 15.6. The molecule has 0 bridgehead atoms. The third-order valence-electron chi connectivity index (χ3n) is 2.58. The van der Waals surface area contributed by atoms with Crippen molar-refractivity contribution in [3.8, 4) is 11.5 Å². The second-order valence-corrected chi connectivity index (χ2v) is 4.11. The fourth-order valence-electron chi connectivity index (χ4n) is 1.67. The quantitative estimate of drug-likeness (QED) is 0.352. The SMILES string of the molecule is CCOc1cc(/C=C\[N+](=O)[O-])ccc1OC(=O)c1ccco1. The van der Waals surface area contributed by atoms with Crippen molar-refractivity contribution in [2.75, 3.05) is 6.61 Å². The maximum Gasteiger partial charge on any atom is 0.379 e. The Kier molecular flexibility index (Phi) is 4.92. The second kappa shape index (κ2) is 7.07. The lowest BCUT2D eigenvalue weighted by atomic mass is 10.2. The zero-order valence-corrected chi connectivity index (χ0v) is 11.7. The zero-order chi connectivity index (χ0) is 15.9. The Balaban J connectivity index is 2.23. The van der Waals surface area contributed by atoms with Gasteiger partial charge in [0.15, 0.2) is 11.5 Å². The zero-order valence-electron chi connectivity index (χ0n) is 11.7. The number of esters is 1. The van der Waals surface area contributed by atoms with E-state index in [1.165, 1.54) is 24.5 Å². The minimum atomic E-state index is -0.653. The molecule has 0 saturated carbocycles. The Labute approximate surface area is 125 Å². The number of rotatable bonds is 6. The lowest BCUT2D eigenvalue weighted by Crippen LogP contribution is -2.08. The normalized spacial score (nSPS) is 10.6. The molecule has 0 aliphatic heterocycles. The number of furan rings is 1. The Morgan fingerprint density at radius 1 is 1.36 bits per heavy atom. The molecule has 0 unspecified atom stereocenters. The van der Waals surface area contributed by atoms with Crippen molar-refractivity contribution in [2.45, 2.75) is 6.92 Å². The third kappa shape index (κ3) is 3.95. The maximum atomic E-state index is 11.9. The van der Waals surface area contributed by atoms with E-state index in [1.807, 2.05) is 0 Å². The fourth-order valence-corrected chi connectivity index (χ4v) is 1.67. The number of nitro groups is 1. The van der Waals surface area contributed by atoms with Gasteiger partial charge in [-0.3, -0.25) is 10.1 Å². The smallest absolute Gasteiger partial charge is 0.379 e. The highest BCUT2D eigenvalue weighted by molar-refractivity contribution is 5.88. The van der Waals surface area contributed by atoms with E-state index < -0.39 is 10.9 Å². The standard InChI is InChI=1S/C15H13NO6/c1-2-20-14-10-11(7-8-16(18)19)5-6-12(14)22-15(17)13-4-3-9-21-13/h3-10H,2H2,1H3/b8-7-. The second-order valence-electron chi connectivity index (χ2n) is 4.11. The summed E-state index contributed by atoms with van der Waals surface area (Å²) in [4.78, 5) is 21.6. The first-order valence-corrected chi connectivity index (χ1v) is 6.44. The van der Waals surface area contributed by atoms with E-state index in [0.717, 1.165) is 6.20 Å². The van der Waals surface area contributed by atoms with Crippen LogP contribution in [0, 0.1) is 10.1 Å². The number of benzene rings is 1. The van der Waals surface area contributed by atoms with Crippen LogP contribution < -0.4 is 9.47 Å².